The van der Waals surface area contributed by atoms with E-state index in [9.17, 15) is 15.3 Å². The summed E-state index contributed by atoms with van der Waals surface area (Å²) in [7, 11) is 0. The lowest BCUT2D eigenvalue weighted by Gasteiger charge is -2.43. The van der Waals surface area contributed by atoms with E-state index in [1.165, 1.54) is 33.7 Å². The van der Waals surface area contributed by atoms with E-state index in [1.807, 2.05) is 6.07 Å². The smallest absolute Gasteiger partial charge is 0.246 e. The van der Waals surface area contributed by atoms with Crippen LogP contribution in [0.1, 0.15) is 40.8 Å². The fourth-order valence-corrected chi connectivity index (χ4v) is 8.04. The van der Waals surface area contributed by atoms with E-state index in [4.69, 9.17) is 9.72 Å². The molecule has 4 heterocycles. The summed E-state index contributed by atoms with van der Waals surface area (Å²) in [5.74, 6) is 0.528. The lowest BCUT2D eigenvalue weighted by atomic mass is 9.95. The topological polar surface area (TPSA) is 99.7 Å². The van der Waals surface area contributed by atoms with Crippen LogP contribution in [-0.2, 0) is 24.3 Å². The van der Waals surface area contributed by atoms with E-state index in [0.29, 0.717) is 56.6 Å². The molecule has 3 aliphatic heterocycles. The van der Waals surface area contributed by atoms with Gasteiger partial charge in [0, 0.05) is 61.8 Å². The van der Waals surface area contributed by atoms with Gasteiger partial charge in [0.1, 0.15) is 11.6 Å². The molecule has 0 bridgehead atoms. The van der Waals surface area contributed by atoms with Crippen LogP contribution in [0.3, 0.4) is 0 Å². The number of carbonyl (C=O) groups excluding carboxylic acids is 1. The highest BCUT2D eigenvalue weighted by molar-refractivity contribution is 5.97. The summed E-state index contributed by atoms with van der Waals surface area (Å²) >= 11 is 0. The molecule has 7 rings (SSSR count). The molecule has 2 unspecified atom stereocenters. The molecule has 9 nitrogen and oxygen atoms in total. The van der Waals surface area contributed by atoms with Gasteiger partial charge in [-0.05, 0) is 55.0 Å². The minimum absolute atomic E-state index is 0.176. The van der Waals surface area contributed by atoms with Crippen molar-refractivity contribution < 1.29 is 9.53 Å². The maximum atomic E-state index is 12.7. The molecule has 50 heavy (non-hydrogen) atoms. The second kappa shape index (κ2) is 14.6. The number of ether oxygens (including phenoxy) is 1. The first-order chi connectivity index (χ1) is 24.5. The van der Waals surface area contributed by atoms with Crippen LogP contribution in [0.15, 0.2) is 79.4 Å². The zero-order chi connectivity index (χ0) is 34.6. The molecule has 0 N–H and O–H groups in total. The quantitative estimate of drug-likeness (QED) is 0.201. The van der Waals surface area contributed by atoms with Gasteiger partial charge < -0.3 is 19.4 Å². The van der Waals surface area contributed by atoms with Gasteiger partial charge in [-0.15, -0.1) is 0 Å². The lowest BCUT2D eigenvalue weighted by molar-refractivity contribution is -0.128. The van der Waals surface area contributed by atoms with Crippen LogP contribution in [0.2, 0.25) is 0 Å². The number of nitrogens with zero attached hydrogens (tertiary/aromatic N) is 7. The summed E-state index contributed by atoms with van der Waals surface area (Å²) in [6.45, 7) is 11.9. The molecule has 0 saturated carbocycles. The van der Waals surface area contributed by atoms with Crippen LogP contribution in [0.25, 0.3) is 10.8 Å². The molecule has 0 radical (unpaired) electrons. The number of aryl methyl sites for hydroxylation is 1. The largest absolute Gasteiger partial charge is 0.476 e. The maximum absolute atomic E-state index is 12.7. The average Bonchev–Trinajstić information content (AvgIpc) is 3.60. The van der Waals surface area contributed by atoms with Crippen LogP contribution >= 0.6 is 0 Å². The number of nitriles is 2. The number of aromatic nitrogens is 1. The molecule has 254 valence electrons. The zero-order valence-corrected chi connectivity index (χ0v) is 28.7. The van der Waals surface area contributed by atoms with Gasteiger partial charge in [-0.25, -0.2) is 4.98 Å². The molecular formula is C41H43N7O2. The zero-order valence-electron chi connectivity index (χ0n) is 28.7. The molecule has 3 aliphatic rings. The summed E-state index contributed by atoms with van der Waals surface area (Å²) in [6, 6.07) is 27.8. The van der Waals surface area contributed by atoms with Crippen molar-refractivity contribution in [1.29, 1.82) is 10.5 Å². The molecule has 0 aliphatic carbocycles. The van der Waals surface area contributed by atoms with Crippen molar-refractivity contribution in [3.8, 4) is 18.0 Å². The van der Waals surface area contributed by atoms with Gasteiger partial charge in [0.05, 0.1) is 43.1 Å². The standard InChI is InChI=1S/C41H43N7O2/c1-3-38(49)48-22-21-47(26-33(48)15-18-42)40-34-17-20-46(37-14-8-13-32-12-7-9-29(2)39(32)37)27-36(34)44-41(35(40)23-43)50-28-31-16-19-45(25-31)24-30-10-5-4-6-11-30/h3-14,31,33H,1,15-17,19-22,24-28H2,2H3. The Balaban J connectivity index is 1.21. The number of piperazine rings is 1. The Morgan fingerprint density at radius 3 is 2.60 bits per heavy atom. The molecular weight excluding hydrogens is 622 g/mol. The Morgan fingerprint density at radius 2 is 1.82 bits per heavy atom. The lowest BCUT2D eigenvalue weighted by Crippen LogP contribution is -2.55. The van der Waals surface area contributed by atoms with E-state index < -0.39 is 0 Å². The third-order valence-electron chi connectivity index (χ3n) is 10.5. The first kappa shape index (κ1) is 33.1. The predicted molar refractivity (Wildman–Crippen MR) is 196 cm³/mol. The Kier molecular flexibility index (Phi) is 9.69. The number of rotatable bonds is 9. The first-order valence-electron chi connectivity index (χ1n) is 17.6. The van der Waals surface area contributed by atoms with Gasteiger partial charge in [-0.2, -0.15) is 10.5 Å². The highest BCUT2D eigenvalue weighted by Gasteiger charge is 2.35. The average molecular weight is 666 g/mol. The second-order valence-electron chi connectivity index (χ2n) is 13.7. The van der Waals surface area contributed by atoms with Crippen LogP contribution in [0.4, 0.5) is 11.4 Å². The van der Waals surface area contributed by atoms with E-state index in [0.717, 1.165) is 49.5 Å². The van der Waals surface area contributed by atoms with Gasteiger partial charge in [0.25, 0.3) is 0 Å². The summed E-state index contributed by atoms with van der Waals surface area (Å²) in [5, 5.41) is 22.8. The molecule has 3 aromatic carbocycles. The van der Waals surface area contributed by atoms with E-state index in [2.05, 4.69) is 101 Å². The Morgan fingerprint density at radius 1 is 1.00 bits per heavy atom. The van der Waals surface area contributed by atoms with E-state index >= 15 is 0 Å². The second-order valence-corrected chi connectivity index (χ2v) is 13.7. The minimum Gasteiger partial charge on any atom is -0.476 e. The summed E-state index contributed by atoms with van der Waals surface area (Å²) in [6.07, 6.45) is 3.25. The summed E-state index contributed by atoms with van der Waals surface area (Å²) in [5.41, 5.74) is 6.95. The van der Waals surface area contributed by atoms with Crippen molar-refractivity contribution in [2.45, 2.75) is 45.3 Å². The molecule has 9 heteroatoms. The highest BCUT2D eigenvalue weighted by Crippen LogP contribution is 2.40. The van der Waals surface area contributed by atoms with E-state index in [-0.39, 0.29) is 18.4 Å². The number of likely N-dealkylation sites (tertiary alicyclic amines) is 1. The van der Waals surface area contributed by atoms with E-state index in [1.54, 1.807) is 4.90 Å². The fraction of sp³-hybridized carbons (Fsp3) is 0.366. The third kappa shape index (κ3) is 6.62. The highest BCUT2D eigenvalue weighted by atomic mass is 16.5. The predicted octanol–water partition coefficient (Wildman–Crippen LogP) is 6.00. The van der Waals surface area contributed by atoms with Crippen molar-refractivity contribution in [2.75, 3.05) is 55.7 Å². The Labute approximate surface area is 294 Å². The number of carbonyl (C=O) groups is 1. The van der Waals surface area contributed by atoms with Gasteiger partial charge in [0.2, 0.25) is 11.8 Å². The molecule has 2 fully saturated rings. The monoisotopic (exact) mass is 665 g/mol. The number of anilines is 2. The molecule has 1 aromatic heterocycles. The van der Waals surface area contributed by atoms with Gasteiger partial charge >= 0.3 is 0 Å². The van der Waals surface area contributed by atoms with Crippen molar-refractivity contribution >= 4 is 28.1 Å². The van der Waals surface area contributed by atoms with Crippen molar-refractivity contribution in [1.82, 2.24) is 14.8 Å². The van der Waals surface area contributed by atoms with Crippen LogP contribution in [0, 0.1) is 35.5 Å². The molecule has 4 aromatic rings. The van der Waals surface area contributed by atoms with Crippen molar-refractivity contribution in [3.05, 3.63) is 107 Å². The maximum Gasteiger partial charge on any atom is 0.246 e. The van der Waals surface area contributed by atoms with Gasteiger partial charge in [-0.1, -0.05) is 67.2 Å². The third-order valence-corrected chi connectivity index (χ3v) is 10.5. The van der Waals surface area contributed by atoms with Crippen LogP contribution in [0.5, 0.6) is 5.88 Å². The molecule has 2 atom stereocenters. The SMILES string of the molecule is C=CC(=O)N1CCN(c2c(C#N)c(OCC3CCN(Cc4ccccc4)C3)nc3c2CCN(c2cccc4cccc(C)c24)C3)CC1CC#N. The Hall–Kier alpha value is -5.38. The summed E-state index contributed by atoms with van der Waals surface area (Å²) in [4.78, 5) is 26.6. The van der Waals surface area contributed by atoms with Crippen LogP contribution < -0.4 is 14.5 Å². The van der Waals surface area contributed by atoms with Crippen molar-refractivity contribution in [2.24, 2.45) is 5.92 Å². The normalized spacial score (nSPS) is 19.1. The van der Waals surface area contributed by atoms with Gasteiger partial charge in [-0.3, -0.25) is 9.69 Å². The molecule has 1 amide bonds. The summed E-state index contributed by atoms with van der Waals surface area (Å²) < 4.78 is 6.55. The number of amides is 1. The first-order valence-corrected chi connectivity index (χ1v) is 17.6. The number of hydrogen-bond donors (Lipinski definition) is 0. The van der Waals surface area contributed by atoms with Crippen molar-refractivity contribution in [3.63, 3.8) is 0 Å². The number of hydrogen-bond acceptors (Lipinski definition) is 8. The number of benzene rings is 3. The number of pyridine rings is 1. The molecule has 2 saturated heterocycles. The minimum atomic E-state index is -0.313. The molecule has 0 spiro atoms. The number of fused-ring (bicyclic) bond motifs is 2. The van der Waals surface area contributed by atoms with Gasteiger partial charge in [0.15, 0.2) is 0 Å². The van der Waals surface area contributed by atoms with Crippen LogP contribution in [-0.4, -0.2) is 72.6 Å². The fourth-order valence-electron chi connectivity index (χ4n) is 8.04. The Bertz CT molecular complexity index is 1980.